The molecule has 1 unspecified atom stereocenters. The SMILES string of the molecule is CC(O)[C@H](NS(=O)(=O)N[C@@H](CC(N)=O)c1nc(C2(N)CCCC2)no1)C(=O)O. The summed E-state index contributed by atoms with van der Waals surface area (Å²) in [5, 5.41) is 22.2. The maximum atomic E-state index is 12.3. The summed E-state index contributed by atoms with van der Waals surface area (Å²) in [7, 11) is -4.50. The van der Waals surface area contributed by atoms with Crippen LogP contribution in [0.2, 0.25) is 0 Å². The molecule has 0 saturated heterocycles. The lowest BCUT2D eigenvalue weighted by atomic mass is 9.98. The first-order valence-electron chi connectivity index (χ1n) is 8.55. The van der Waals surface area contributed by atoms with E-state index in [4.69, 9.17) is 21.1 Å². The van der Waals surface area contributed by atoms with Gasteiger partial charge in [-0.3, -0.25) is 9.59 Å². The molecule has 2 rings (SSSR count). The van der Waals surface area contributed by atoms with Crippen LogP contribution in [-0.2, 0) is 25.3 Å². The predicted molar refractivity (Wildman–Crippen MR) is 93.5 cm³/mol. The van der Waals surface area contributed by atoms with Crippen molar-refractivity contribution in [2.75, 3.05) is 0 Å². The number of rotatable bonds is 10. The van der Waals surface area contributed by atoms with Crippen LogP contribution in [0.25, 0.3) is 0 Å². The van der Waals surface area contributed by atoms with Crippen molar-refractivity contribution in [3.8, 4) is 0 Å². The zero-order chi connectivity index (χ0) is 21.1. The van der Waals surface area contributed by atoms with Gasteiger partial charge in [-0.1, -0.05) is 18.0 Å². The summed E-state index contributed by atoms with van der Waals surface area (Å²) in [6.07, 6.45) is 1.00. The Labute approximate surface area is 161 Å². The molecule has 1 aromatic rings. The molecule has 1 aliphatic carbocycles. The fourth-order valence-electron chi connectivity index (χ4n) is 2.93. The number of carbonyl (C=O) groups excluding carboxylic acids is 1. The standard InChI is InChI=1S/C14H24N6O7S/c1-7(21)10(12(23)24)20-28(25,26)19-8(6-9(15)22)11-17-13(18-27-11)14(16)4-2-3-5-14/h7-8,10,19-21H,2-6,16H2,1H3,(H2,15,22)(H,23,24)/t7?,8-,10-/m0/s1. The zero-order valence-electron chi connectivity index (χ0n) is 15.2. The number of aromatic nitrogens is 2. The van der Waals surface area contributed by atoms with E-state index in [-0.39, 0.29) is 11.7 Å². The van der Waals surface area contributed by atoms with E-state index in [2.05, 4.69) is 10.1 Å². The van der Waals surface area contributed by atoms with Crippen LogP contribution < -0.4 is 20.9 Å². The zero-order valence-corrected chi connectivity index (χ0v) is 16.0. The van der Waals surface area contributed by atoms with E-state index >= 15 is 0 Å². The number of nitrogens with zero attached hydrogens (tertiary/aromatic N) is 2. The van der Waals surface area contributed by atoms with Crippen LogP contribution in [0.4, 0.5) is 0 Å². The lowest BCUT2D eigenvalue weighted by Gasteiger charge is -2.20. The highest BCUT2D eigenvalue weighted by molar-refractivity contribution is 7.87. The summed E-state index contributed by atoms with van der Waals surface area (Å²) in [5.41, 5.74) is 10.6. The number of carboxylic acids is 1. The molecular weight excluding hydrogens is 396 g/mol. The molecule has 1 saturated carbocycles. The Morgan fingerprint density at radius 1 is 1.32 bits per heavy atom. The van der Waals surface area contributed by atoms with Crippen molar-refractivity contribution in [2.24, 2.45) is 11.5 Å². The van der Waals surface area contributed by atoms with Gasteiger partial charge in [0.25, 0.3) is 10.2 Å². The van der Waals surface area contributed by atoms with Crippen molar-refractivity contribution < 1.29 is 32.7 Å². The van der Waals surface area contributed by atoms with Gasteiger partial charge in [0.1, 0.15) is 12.1 Å². The topological polar surface area (TPSA) is 224 Å². The van der Waals surface area contributed by atoms with E-state index < -0.39 is 52.2 Å². The molecule has 158 valence electrons. The largest absolute Gasteiger partial charge is 0.480 e. The van der Waals surface area contributed by atoms with Crippen LogP contribution in [0, 0.1) is 0 Å². The summed E-state index contributed by atoms with van der Waals surface area (Å²) in [5.74, 6) is -2.49. The minimum Gasteiger partial charge on any atom is -0.480 e. The lowest BCUT2D eigenvalue weighted by molar-refractivity contribution is -0.141. The highest BCUT2D eigenvalue weighted by Gasteiger charge is 2.38. The number of carboxylic acid groups (broad SMARTS) is 1. The maximum absolute atomic E-state index is 12.3. The molecule has 3 atom stereocenters. The van der Waals surface area contributed by atoms with Crippen molar-refractivity contribution in [3.05, 3.63) is 11.7 Å². The number of hydrogen-bond acceptors (Lipinski definition) is 9. The Bertz CT molecular complexity index is 818. The van der Waals surface area contributed by atoms with Crippen LogP contribution in [0.15, 0.2) is 4.52 Å². The maximum Gasteiger partial charge on any atom is 0.324 e. The molecule has 0 bridgehead atoms. The fraction of sp³-hybridized carbons (Fsp3) is 0.714. The molecule has 0 aromatic carbocycles. The molecule has 1 aromatic heterocycles. The van der Waals surface area contributed by atoms with Gasteiger partial charge in [-0.05, 0) is 19.8 Å². The highest BCUT2D eigenvalue weighted by atomic mass is 32.2. The van der Waals surface area contributed by atoms with Gasteiger partial charge in [0, 0.05) is 0 Å². The third-order valence-corrected chi connectivity index (χ3v) is 5.57. The number of aliphatic hydroxyl groups is 1. The van der Waals surface area contributed by atoms with Crippen molar-refractivity contribution >= 4 is 22.1 Å². The van der Waals surface area contributed by atoms with Crippen LogP contribution in [-0.4, -0.2) is 52.8 Å². The molecule has 0 aliphatic heterocycles. The first-order valence-corrected chi connectivity index (χ1v) is 10.0. The lowest BCUT2D eigenvalue weighted by Crippen LogP contribution is -2.52. The Hall–Kier alpha value is -2.13. The van der Waals surface area contributed by atoms with E-state index in [0.29, 0.717) is 12.8 Å². The molecule has 1 heterocycles. The van der Waals surface area contributed by atoms with Gasteiger partial charge in [0.05, 0.1) is 18.1 Å². The van der Waals surface area contributed by atoms with E-state index in [9.17, 15) is 23.1 Å². The van der Waals surface area contributed by atoms with Crippen molar-refractivity contribution in [1.29, 1.82) is 0 Å². The van der Waals surface area contributed by atoms with E-state index in [0.717, 1.165) is 19.8 Å². The minimum atomic E-state index is -4.50. The molecule has 28 heavy (non-hydrogen) atoms. The first-order chi connectivity index (χ1) is 12.9. The van der Waals surface area contributed by atoms with Crippen molar-refractivity contribution in [2.45, 2.75) is 62.8 Å². The molecule has 14 heteroatoms. The first kappa shape index (κ1) is 22.2. The number of nitrogens with one attached hydrogen (secondary N) is 2. The molecule has 13 nitrogen and oxygen atoms in total. The number of hydrogen-bond donors (Lipinski definition) is 6. The third-order valence-electron chi connectivity index (χ3n) is 4.41. The summed E-state index contributed by atoms with van der Waals surface area (Å²) < 4.78 is 33.5. The molecular formula is C14H24N6O7S. The minimum absolute atomic E-state index is 0.189. The number of primary amides is 1. The average molecular weight is 420 g/mol. The molecule has 1 aliphatic rings. The second-order valence-corrected chi connectivity index (χ2v) is 8.32. The number of amides is 1. The van der Waals surface area contributed by atoms with Crippen LogP contribution >= 0.6 is 0 Å². The summed E-state index contributed by atoms with van der Waals surface area (Å²) in [4.78, 5) is 26.6. The Morgan fingerprint density at radius 2 is 1.93 bits per heavy atom. The van der Waals surface area contributed by atoms with Gasteiger partial charge in [0.2, 0.25) is 11.8 Å². The summed E-state index contributed by atoms with van der Waals surface area (Å²) in [6.45, 7) is 1.11. The molecule has 8 N–H and O–H groups in total. The quantitative estimate of drug-likeness (QED) is 0.243. The Kier molecular flexibility index (Phi) is 6.71. The Balaban J connectivity index is 2.23. The van der Waals surface area contributed by atoms with E-state index in [1.807, 2.05) is 4.72 Å². The smallest absolute Gasteiger partial charge is 0.324 e. The monoisotopic (exact) mass is 420 g/mol. The summed E-state index contributed by atoms with van der Waals surface area (Å²) >= 11 is 0. The normalized spacial score (nSPS) is 19.8. The van der Waals surface area contributed by atoms with Crippen molar-refractivity contribution in [1.82, 2.24) is 19.6 Å². The predicted octanol–water partition coefficient (Wildman–Crippen LogP) is -2.03. The van der Waals surface area contributed by atoms with Gasteiger partial charge >= 0.3 is 5.97 Å². The van der Waals surface area contributed by atoms with E-state index in [1.54, 1.807) is 4.72 Å². The average Bonchev–Trinajstić information content (AvgIpc) is 3.21. The van der Waals surface area contributed by atoms with Gasteiger partial charge in [-0.25, -0.2) is 0 Å². The van der Waals surface area contributed by atoms with Crippen LogP contribution in [0.1, 0.15) is 56.8 Å². The van der Waals surface area contributed by atoms with Gasteiger partial charge in [0.15, 0.2) is 5.82 Å². The molecule has 1 fully saturated rings. The second kappa shape index (κ2) is 8.48. The number of aliphatic carboxylic acids is 1. The van der Waals surface area contributed by atoms with Crippen LogP contribution in [0.3, 0.4) is 0 Å². The van der Waals surface area contributed by atoms with E-state index in [1.165, 1.54) is 0 Å². The Morgan fingerprint density at radius 3 is 2.43 bits per heavy atom. The summed E-state index contributed by atoms with van der Waals surface area (Å²) in [6, 6.07) is -3.15. The molecule has 1 amide bonds. The number of aliphatic hydroxyl groups excluding tert-OH is 1. The van der Waals surface area contributed by atoms with Gasteiger partial charge < -0.3 is 26.2 Å². The molecule has 0 spiro atoms. The number of nitrogens with two attached hydrogens (primary N) is 2. The van der Waals surface area contributed by atoms with Gasteiger partial charge in [-0.2, -0.15) is 22.8 Å². The van der Waals surface area contributed by atoms with Gasteiger partial charge in [-0.15, -0.1) is 0 Å². The number of carbonyl (C=O) groups is 2. The third kappa shape index (κ3) is 5.45. The molecule has 0 radical (unpaired) electrons. The van der Waals surface area contributed by atoms with Crippen molar-refractivity contribution in [3.63, 3.8) is 0 Å². The van der Waals surface area contributed by atoms with Crippen LogP contribution in [0.5, 0.6) is 0 Å². The highest BCUT2D eigenvalue weighted by Crippen LogP contribution is 2.35. The fourth-order valence-corrected chi connectivity index (χ4v) is 4.19. The second-order valence-electron chi connectivity index (χ2n) is 6.84.